The minimum Gasteiger partial charge on any atom is -0.508 e. The average molecular weight is 514 g/mol. The van der Waals surface area contributed by atoms with Crippen LogP contribution in [-0.4, -0.2) is 18.1 Å². The number of phenols is 1. The lowest BCUT2D eigenvalue weighted by atomic mass is 10.1. The smallest absolute Gasteiger partial charge is 0.266 e. The molecular formula is C24H18BrClN2O4. The van der Waals surface area contributed by atoms with Gasteiger partial charge in [-0.25, -0.2) is 0 Å². The van der Waals surface area contributed by atoms with Crippen LogP contribution in [0.25, 0.3) is 6.08 Å². The molecule has 3 aromatic carbocycles. The molecule has 1 amide bonds. The summed E-state index contributed by atoms with van der Waals surface area (Å²) in [6.45, 7) is 0.238. The normalized spacial score (nSPS) is 10.9. The van der Waals surface area contributed by atoms with E-state index in [1.807, 2.05) is 24.3 Å². The molecule has 0 fully saturated rings. The fraction of sp³-hybridized carbons (Fsp3) is 0.0833. The van der Waals surface area contributed by atoms with Gasteiger partial charge in [0.05, 0.1) is 11.6 Å². The van der Waals surface area contributed by atoms with Crippen LogP contribution in [0.1, 0.15) is 11.1 Å². The number of rotatable bonds is 7. The summed E-state index contributed by atoms with van der Waals surface area (Å²) in [4.78, 5) is 12.5. The minimum absolute atomic E-state index is 0.0767. The summed E-state index contributed by atoms with van der Waals surface area (Å²) < 4.78 is 11.9. The number of aromatic hydroxyl groups is 1. The number of anilines is 1. The van der Waals surface area contributed by atoms with Gasteiger partial charge in [-0.1, -0.05) is 29.8 Å². The van der Waals surface area contributed by atoms with Crippen molar-refractivity contribution in [1.82, 2.24) is 0 Å². The summed E-state index contributed by atoms with van der Waals surface area (Å²) in [7, 11) is 1.50. The van der Waals surface area contributed by atoms with Gasteiger partial charge in [-0.15, -0.1) is 0 Å². The minimum atomic E-state index is -0.577. The van der Waals surface area contributed by atoms with Gasteiger partial charge in [-0.3, -0.25) is 4.79 Å². The van der Waals surface area contributed by atoms with Crippen LogP contribution in [0.2, 0.25) is 5.02 Å². The van der Waals surface area contributed by atoms with Crippen molar-refractivity contribution in [3.05, 3.63) is 86.9 Å². The Hall–Kier alpha value is -3.47. The van der Waals surface area contributed by atoms with Crippen LogP contribution in [0.5, 0.6) is 17.2 Å². The predicted molar refractivity (Wildman–Crippen MR) is 127 cm³/mol. The van der Waals surface area contributed by atoms with E-state index in [2.05, 4.69) is 21.2 Å². The number of halogens is 2. The highest BCUT2D eigenvalue weighted by Crippen LogP contribution is 2.38. The second kappa shape index (κ2) is 10.7. The molecule has 0 saturated carbocycles. The summed E-state index contributed by atoms with van der Waals surface area (Å²) in [5, 5.41) is 22.0. The van der Waals surface area contributed by atoms with Crippen LogP contribution in [0, 0.1) is 11.3 Å². The van der Waals surface area contributed by atoms with E-state index in [1.54, 1.807) is 18.2 Å². The lowest BCUT2D eigenvalue weighted by Gasteiger charge is -2.14. The molecule has 3 aromatic rings. The topological polar surface area (TPSA) is 91.6 Å². The number of hydrogen-bond acceptors (Lipinski definition) is 5. The first-order chi connectivity index (χ1) is 15.4. The first kappa shape index (κ1) is 23.2. The number of nitriles is 1. The number of hydrogen-bond donors (Lipinski definition) is 2. The summed E-state index contributed by atoms with van der Waals surface area (Å²) in [6, 6.07) is 18.6. The Bertz CT molecular complexity index is 1200. The van der Waals surface area contributed by atoms with Crippen LogP contribution >= 0.6 is 27.5 Å². The fourth-order valence-corrected chi connectivity index (χ4v) is 3.55. The Morgan fingerprint density at radius 3 is 2.59 bits per heavy atom. The van der Waals surface area contributed by atoms with Crippen molar-refractivity contribution >= 4 is 45.2 Å². The van der Waals surface area contributed by atoms with Crippen LogP contribution in [0.3, 0.4) is 0 Å². The van der Waals surface area contributed by atoms with E-state index in [0.717, 1.165) is 5.56 Å². The van der Waals surface area contributed by atoms with Gasteiger partial charge in [0.1, 0.15) is 24.0 Å². The molecule has 0 aliphatic heterocycles. The van der Waals surface area contributed by atoms with Crippen molar-refractivity contribution in [3.8, 4) is 23.3 Å². The van der Waals surface area contributed by atoms with E-state index in [9.17, 15) is 15.2 Å². The third-order valence-electron chi connectivity index (χ3n) is 4.38. The second-order valence-corrected chi connectivity index (χ2v) is 7.85. The van der Waals surface area contributed by atoms with Crippen molar-refractivity contribution in [2.75, 3.05) is 12.4 Å². The molecule has 0 heterocycles. The van der Waals surface area contributed by atoms with Gasteiger partial charge in [0.25, 0.3) is 5.91 Å². The number of carbonyl (C=O) groups is 1. The standard InChI is InChI=1S/C24H18BrClN2O4/c1-31-22-12-15(10-17(13-27)24(30)28-18-6-8-19(29)9-7-18)11-20(25)23(22)32-14-16-4-2-3-5-21(16)26/h2-12,29H,14H2,1H3,(H,28,30)/b17-10-. The predicted octanol–water partition coefficient (Wildman–Crippen LogP) is 5.94. The van der Waals surface area contributed by atoms with E-state index >= 15 is 0 Å². The molecule has 0 aliphatic carbocycles. The van der Waals surface area contributed by atoms with Gasteiger partial charge < -0.3 is 19.9 Å². The van der Waals surface area contributed by atoms with Crippen molar-refractivity contribution < 1.29 is 19.4 Å². The Morgan fingerprint density at radius 1 is 1.22 bits per heavy atom. The van der Waals surface area contributed by atoms with Crippen LogP contribution in [-0.2, 0) is 11.4 Å². The molecule has 0 bridgehead atoms. The van der Waals surface area contributed by atoms with Crippen molar-refractivity contribution in [1.29, 1.82) is 5.26 Å². The molecule has 0 saturated heterocycles. The Morgan fingerprint density at radius 2 is 1.94 bits per heavy atom. The van der Waals surface area contributed by atoms with Gasteiger partial charge in [0, 0.05) is 16.3 Å². The SMILES string of the molecule is COc1cc(/C=C(/C#N)C(=O)Nc2ccc(O)cc2)cc(Br)c1OCc1ccccc1Cl. The first-order valence-corrected chi connectivity index (χ1v) is 10.5. The zero-order valence-corrected chi connectivity index (χ0v) is 19.3. The lowest BCUT2D eigenvalue weighted by Crippen LogP contribution is -2.13. The van der Waals surface area contributed by atoms with E-state index in [-0.39, 0.29) is 17.9 Å². The molecule has 2 N–H and O–H groups in total. The monoisotopic (exact) mass is 512 g/mol. The first-order valence-electron chi connectivity index (χ1n) is 9.37. The van der Waals surface area contributed by atoms with Gasteiger partial charge in [-0.05, 0) is 70.0 Å². The third-order valence-corrected chi connectivity index (χ3v) is 5.34. The summed E-state index contributed by atoms with van der Waals surface area (Å²) in [5.74, 6) is 0.394. The maximum absolute atomic E-state index is 12.5. The number of ether oxygens (including phenoxy) is 2. The highest BCUT2D eigenvalue weighted by atomic mass is 79.9. The van der Waals surface area contributed by atoms with E-state index in [0.29, 0.717) is 32.2 Å². The van der Waals surface area contributed by atoms with E-state index < -0.39 is 5.91 Å². The van der Waals surface area contributed by atoms with Gasteiger partial charge in [-0.2, -0.15) is 5.26 Å². The summed E-state index contributed by atoms with van der Waals surface area (Å²) in [6.07, 6.45) is 1.45. The Kier molecular flexibility index (Phi) is 7.77. The summed E-state index contributed by atoms with van der Waals surface area (Å²) in [5.41, 5.74) is 1.74. The molecule has 32 heavy (non-hydrogen) atoms. The van der Waals surface area contributed by atoms with Gasteiger partial charge in [0.2, 0.25) is 0 Å². The zero-order valence-electron chi connectivity index (χ0n) is 16.9. The zero-order chi connectivity index (χ0) is 23.1. The maximum atomic E-state index is 12.5. The molecule has 0 spiro atoms. The largest absolute Gasteiger partial charge is 0.508 e. The number of methoxy groups -OCH3 is 1. The van der Waals surface area contributed by atoms with Gasteiger partial charge >= 0.3 is 0 Å². The molecule has 6 nitrogen and oxygen atoms in total. The van der Waals surface area contributed by atoms with Crippen molar-refractivity contribution in [2.24, 2.45) is 0 Å². The summed E-state index contributed by atoms with van der Waals surface area (Å²) >= 11 is 9.65. The highest BCUT2D eigenvalue weighted by Gasteiger charge is 2.15. The van der Waals surface area contributed by atoms with Gasteiger partial charge in [0.15, 0.2) is 11.5 Å². The lowest BCUT2D eigenvalue weighted by molar-refractivity contribution is -0.112. The molecular weight excluding hydrogens is 496 g/mol. The van der Waals surface area contributed by atoms with Crippen molar-refractivity contribution in [2.45, 2.75) is 6.61 Å². The highest BCUT2D eigenvalue weighted by molar-refractivity contribution is 9.10. The molecule has 0 atom stereocenters. The van der Waals surface area contributed by atoms with Crippen LogP contribution in [0.4, 0.5) is 5.69 Å². The fourth-order valence-electron chi connectivity index (χ4n) is 2.79. The molecule has 0 radical (unpaired) electrons. The number of benzene rings is 3. The number of amides is 1. The van der Waals surface area contributed by atoms with Crippen molar-refractivity contribution in [3.63, 3.8) is 0 Å². The Labute approximate surface area is 198 Å². The second-order valence-electron chi connectivity index (χ2n) is 6.59. The number of nitrogens with zero attached hydrogens (tertiary/aromatic N) is 1. The number of phenolic OH excluding ortho intramolecular Hbond substituents is 1. The average Bonchev–Trinajstić information content (AvgIpc) is 2.78. The number of carbonyl (C=O) groups excluding carboxylic acids is 1. The van der Waals surface area contributed by atoms with Crippen LogP contribution < -0.4 is 14.8 Å². The number of nitrogens with one attached hydrogen (secondary N) is 1. The Balaban J connectivity index is 1.82. The molecule has 0 aliphatic rings. The van der Waals surface area contributed by atoms with E-state index in [4.69, 9.17) is 21.1 Å². The molecule has 162 valence electrons. The quantitative estimate of drug-likeness (QED) is 0.232. The molecule has 0 unspecified atom stereocenters. The third kappa shape index (κ3) is 5.82. The molecule has 0 aromatic heterocycles. The molecule has 3 rings (SSSR count). The molecule has 8 heteroatoms. The van der Waals surface area contributed by atoms with E-state index in [1.165, 1.54) is 37.5 Å². The van der Waals surface area contributed by atoms with Crippen LogP contribution in [0.15, 0.2) is 70.7 Å². The maximum Gasteiger partial charge on any atom is 0.266 e.